The molecule has 0 saturated carbocycles. The lowest BCUT2D eigenvalue weighted by Gasteiger charge is -2.30. The molecule has 1 fully saturated rings. The summed E-state index contributed by atoms with van der Waals surface area (Å²) in [4.78, 5) is 12.4. The highest BCUT2D eigenvalue weighted by molar-refractivity contribution is 7.89. The van der Waals surface area contributed by atoms with Crippen LogP contribution in [0.15, 0.2) is 24.3 Å². The van der Waals surface area contributed by atoms with Crippen molar-refractivity contribution in [2.24, 2.45) is 5.92 Å². The molecule has 1 aliphatic rings. The van der Waals surface area contributed by atoms with Crippen molar-refractivity contribution in [1.29, 1.82) is 0 Å². The molecule has 0 bridgehead atoms. The highest BCUT2D eigenvalue weighted by Gasteiger charge is 2.31. The Morgan fingerprint density at radius 2 is 2.00 bits per heavy atom. The number of piperidine rings is 1. The SMILES string of the molecule is CCS(=O)(=O)N1CCC[C@@H](C(=O)NCc2ccc(OC(C)C)cc2)C1. The highest BCUT2D eigenvalue weighted by Crippen LogP contribution is 2.20. The fraction of sp³-hybridized carbons (Fsp3) is 0.611. The molecule has 1 atom stereocenters. The first-order valence-electron chi connectivity index (χ1n) is 8.83. The fourth-order valence-electron chi connectivity index (χ4n) is 2.88. The van der Waals surface area contributed by atoms with Crippen molar-refractivity contribution in [3.8, 4) is 5.75 Å². The van der Waals surface area contributed by atoms with E-state index in [2.05, 4.69) is 5.32 Å². The fourth-order valence-corrected chi connectivity index (χ4v) is 4.06. The maximum atomic E-state index is 12.4. The molecule has 7 heteroatoms. The molecule has 0 unspecified atom stereocenters. The van der Waals surface area contributed by atoms with Gasteiger partial charge in [-0.15, -0.1) is 0 Å². The second kappa shape index (κ2) is 8.67. The molecule has 0 spiro atoms. The van der Waals surface area contributed by atoms with Crippen LogP contribution in [0, 0.1) is 5.92 Å². The maximum absolute atomic E-state index is 12.4. The molecular formula is C18H28N2O4S. The van der Waals surface area contributed by atoms with Gasteiger partial charge in [0.1, 0.15) is 5.75 Å². The van der Waals surface area contributed by atoms with E-state index in [1.807, 2.05) is 38.1 Å². The minimum atomic E-state index is -3.23. The van der Waals surface area contributed by atoms with Gasteiger partial charge in [-0.25, -0.2) is 12.7 Å². The molecule has 1 aromatic carbocycles. The number of amides is 1. The maximum Gasteiger partial charge on any atom is 0.224 e. The zero-order valence-corrected chi connectivity index (χ0v) is 16.0. The smallest absolute Gasteiger partial charge is 0.224 e. The normalized spacial score (nSPS) is 19.0. The lowest BCUT2D eigenvalue weighted by atomic mass is 9.99. The van der Waals surface area contributed by atoms with Crippen molar-refractivity contribution in [3.05, 3.63) is 29.8 Å². The Morgan fingerprint density at radius 1 is 1.32 bits per heavy atom. The summed E-state index contributed by atoms with van der Waals surface area (Å²) >= 11 is 0. The Labute approximate surface area is 150 Å². The summed E-state index contributed by atoms with van der Waals surface area (Å²) in [6.45, 7) is 6.80. The minimum absolute atomic E-state index is 0.0755. The molecule has 25 heavy (non-hydrogen) atoms. The zero-order chi connectivity index (χ0) is 18.4. The van der Waals surface area contributed by atoms with E-state index in [9.17, 15) is 13.2 Å². The largest absolute Gasteiger partial charge is 0.491 e. The van der Waals surface area contributed by atoms with Gasteiger partial charge in [0.05, 0.1) is 17.8 Å². The number of carbonyl (C=O) groups is 1. The van der Waals surface area contributed by atoms with Crippen LogP contribution in [0.1, 0.15) is 39.2 Å². The number of sulfonamides is 1. The van der Waals surface area contributed by atoms with E-state index in [-0.39, 0.29) is 30.2 Å². The van der Waals surface area contributed by atoms with E-state index in [4.69, 9.17) is 4.74 Å². The Hall–Kier alpha value is -1.60. The van der Waals surface area contributed by atoms with E-state index >= 15 is 0 Å². The van der Waals surface area contributed by atoms with Gasteiger partial charge in [-0.2, -0.15) is 0 Å². The van der Waals surface area contributed by atoms with Gasteiger partial charge < -0.3 is 10.1 Å². The third-order valence-electron chi connectivity index (χ3n) is 4.27. The summed E-state index contributed by atoms with van der Waals surface area (Å²) in [7, 11) is -3.23. The average molecular weight is 368 g/mol. The van der Waals surface area contributed by atoms with Gasteiger partial charge >= 0.3 is 0 Å². The standard InChI is InChI=1S/C18H28N2O4S/c1-4-25(22,23)20-11-5-6-16(13-20)18(21)19-12-15-7-9-17(10-8-15)24-14(2)3/h7-10,14,16H,4-6,11-13H2,1-3H3,(H,19,21)/t16-/m1/s1. The van der Waals surface area contributed by atoms with Crippen LogP contribution >= 0.6 is 0 Å². The van der Waals surface area contributed by atoms with Crippen molar-refractivity contribution in [1.82, 2.24) is 9.62 Å². The molecule has 1 aliphatic heterocycles. The van der Waals surface area contributed by atoms with Crippen LogP contribution in [0.4, 0.5) is 0 Å². The number of hydrogen-bond acceptors (Lipinski definition) is 4. The third kappa shape index (κ3) is 5.71. The van der Waals surface area contributed by atoms with Gasteiger partial charge in [0.25, 0.3) is 0 Å². The molecule has 140 valence electrons. The van der Waals surface area contributed by atoms with Crippen molar-refractivity contribution in [2.45, 2.75) is 46.3 Å². The predicted molar refractivity (Wildman–Crippen MR) is 97.8 cm³/mol. The number of benzene rings is 1. The van der Waals surface area contributed by atoms with E-state index < -0.39 is 10.0 Å². The van der Waals surface area contributed by atoms with E-state index in [1.54, 1.807) is 6.92 Å². The van der Waals surface area contributed by atoms with Crippen LogP contribution in [0.25, 0.3) is 0 Å². The average Bonchev–Trinajstić information content (AvgIpc) is 2.60. The number of hydrogen-bond donors (Lipinski definition) is 1. The first-order chi connectivity index (χ1) is 11.8. The third-order valence-corrected chi connectivity index (χ3v) is 6.12. The summed E-state index contributed by atoms with van der Waals surface area (Å²) in [5.74, 6) is 0.515. The monoisotopic (exact) mass is 368 g/mol. The minimum Gasteiger partial charge on any atom is -0.491 e. The summed E-state index contributed by atoms with van der Waals surface area (Å²) < 4.78 is 31.0. The zero-order valence-electron chi connectivity index (χ0n) is 15.2. The van der Waals surface area contributed by atoms with Gasteiger partial charge in [-0.1, -0.05) is 12.1 Å². The lowest BCUT2D eigenvalue weighted by molar-refractivity contribution is -0.126. The molecular weight excluding hydrogens is 340 g/mol. The molecule has 1 saturated heterocycles. The van der Waals surface area contributed by atoms with Crippen molar-refractivity contribution in [2.75, 3.05) is 18.8 Å². The predicted octanol–water partition coefficient (Wildman–Crippen LogP) is 2.15. The van der Waals surface area contributed by atoms with Crippen molar-refractivity contribution < 1.29 is 17.9 Å². The molecule has 1 aromatic rings. The van der Waals surface area contributed by atoms with Crippen LogP contribution in [0.3, 0.4) is 0 Å². The molecule has 0 aromatic heterocycles. The molecule has 6 nitrogen and oxygen atoms in total. The molecule has 1 heterocycles. The van der Waals surface area contributed by atoms with Gasteiger partial charge in [0.15, 0.2) is 0 Å². The Morgan fingerprint density at radius 3 is 2.60 bits per heavy atom. The molecule has 0 radical (unpaired) electrons. The second-order valence-electron chi connectivity index (χ2n) is 6.63. The van der Waals surface area contributed by atoms with Gasteiger partial charge in [-0.3, -0.25) is 4.79 Å². The Bertz CT molecular complexity index is 671. The van der Waals surface area contributed by atoms with Crippen LogP contribution in [-0.2, 0) is 21.4 Å². The second-order valence-corrected chi connectivity index (χ2v) is 8.88. The molecule has 1 N–H and O–H groups in total. The first-order valence-corrected chi connectivity index (χ1v) is 10.4. The van der Waals surface area contributed by atoms with Crippen molar-refractivity contribution in [3.63, 3.8) is 0 Å². The first kappa shape index (κ1) is 19.7. The molecule has 0 aliphatic carbocycles. The summed E-state index contributed by atoms with van der Waals surface area (Å²) in [5.41, 5.74) is 0.985. The molecule has 2 rings (SSSR count). The van der Waals surface area contributed by atoms with E-state index in [0.717, 1.165) is 24.2 Å². The quantitative estimate of drug-likeness (QED) is 0.800. The molecule has 1 amide bonds. The van der Waals surface area contributed by atoms with Gasteiger partial charge in [-0.05, 0) is 51.3 Å². The summed E-state index contributed by atoms with van der Waals surface area (Å²) in [6.07, 6.45) is 1.57. The van der Waals surface area contributed by atoms with Crippen LogP contribution in [0.5, 0.6) is 5.75 Å². The lowest BCUT2D eigenvalue weighted by Crippen LogP contribution is -2.45. The topological polar surface area (TPSA) is 75.7 Å². The number of nitrogens with one attached hydrogen (secondary N) is 1. The van der Waals surface area contributed by atoms with Gasteiger partial charge in [0, 0.05) is 19.6 Å². The summed E-state index contributed by atoms with van der Waals surface area (Å²) in [5, 5.41) is 2.92. The Balaban J connectivity index is 1.87. The van der Waals surface area contributed by atoms with E-state index in [0.29, 0.717) is 13.1 Å². The number of carbonyl (C=O) groups excluding carboxylic acids is 1. The van der Waals surface area contributed by atoms with Crippen LogP contribution in [0.2, 0.25) is 0 Å². The number of ether oxygens (including phenoxy) is 1. The van der Waals surface area contributed by atoms with Gasteiger partial charge in [0.2, 0.25) is 15.9 Å². The van der Waals surface area contributed by atoms with Crippen LogP contribution < -0.4 is 10.1 Å². The number of rotatable bonds is 7. The highest BCUT2D eigenvalue weighted by atomic mass is 32.2. The number of nitrogens with zero attached hydrogens (tertiary/aromatic N) is 1. The Kier molecular flexibility index (Phi) is 6.84. The van der Waals surface area contributed by atoms with Crippen LogP contribution in [-0.4, -0.2) is 43.6 Å². The summed E-state index contributed by atoms with van der Waals surface area (Å²) in [6, 6.07) is 7.62. The van der Waals surface area contributed by atoms with E-state index in [1.165, 1.54) is 4.31 Å². The van der Waals surface area contributed by atoms with Crippen molar-refractivity contribution >= 4 is 15.9 Å².